The van der Waals surface area contributed by atoms with Crippen molar-refractivity contribution in [3.05, 3.63) is 65.1 Å². The van der Waals surface area contributed by atoms with Gasteiger partial charge in [0.2, 0.25) is 5.91 Å². The van der Waals surface area contributed by atoms with E-state index in [-0.39, 0.29) is 18.4 Å². The molecule has 0 radical (unpaired) electrons. The van der Waals surface area contributed by atoms with Gasteiger partial charge in [-0.25, -0.2) is 0 Å². The topological polar surface area (TPSA) is 52.7 Å². The smallest absolute Gasteiger partial charge is 0.265 e. The first-order chi connectivity index (χ1) is 16.2. The Kier molecular flexibility index (Phi) is 8.24. The lowest BCUT2D eigenvalue weighted by atomic mass is 10.00. The van der Waals surface area contributed by atoms with Crippen LogP contribution >= 0.6 is 11.8 Å². The lowest BCUT2D eigenvalue weighted by molar-refractivity contribution is -0.122. The number of amides is 2. The van der Waals surface area contributed by atoms with Crippen molar-refractivity contribution in [3.8, 4) is 0 Å². The number of nitrogens with zero attached hydrogens (tertiary/aromatic N) is 2. The third kappa shape index (κ3) is 6.06. The predicted molar refractivity (Wildman–Crippen MR) is 136 cm³/mol. The third-order valence-corrected chi connectivity index (χ3v) is 7.47. The Morgan fingerprint density at radius 1 is 1.12 bits per heavy atom. The molecular weight excluding hydrogens is 430 g/mol. The van der Waals surface area contributed by atoms with Crippen molar-refractivity contribution in [2.75, 3.05) is 31.1 Å². The van der Waals surface area contributed by atoms with Crippen LogP contribution in [0, 0.1) is 0 Å². The number of para-hydroxylation sites is 1. The first-order valence-electron chi connectivity index (χ1n) is 12.0. The maximum absolute atomic E-state index is 13.3. The van der Waals surface area contributed by atoms with Crippen LogP contribution in [0.4, 0.5) is 5.69 Å². The van der Waals surface area contributed by atoms with E-state index in [0.717, 1.165) is 29.1 Å². The van der Waals surface area contributed by atoms with Gasteiger partial charge in [0, 0.05) is 24.0 Å². The normalized spacial score (nSPS) is 20.0. The highest BCUT2D eigenvalue weighted by molar-refractivity contribution is 8.04. The average molecular weight is 464 g/mol. The second-order valence-corrected chi connectivity index (χ2v) is 9.76. The molecular formula is C27H33N3O2S. The van der Waals surface area contributed by atoms with E-state index in [1.54, 1.807) is 4.90 Å². The molecule has 2 aromatic rings. The van der Waals surface area contributed by atoms with Crippen molar-refractivity contribution in [3.63, 3.8) is 0 Å². The molecule has 2 heterocycles. The molecule has 0 unspecified atom stereocenters. The van der Waals surface area contributed by atoms with Crippen LogP contribution in [0.1, 0.15) is 44.6 Å². The molecule has 0 saturated carbocycles. The van der Waals surface area contributed by atoms with E-state index in [2.05, 4.69) is 17.1 Å². The number of hydrogen-bond acceptors (Lipinski definition) is 4. The zero-order valence-corrected chi connectivity index (χ0v) is 20.2. The summed E-state index contributed by atoms with van der Waals surface area (Å²) < 4.78 is 0. The standard InChI is InChI=1S/C27H33N3O2S/c1-2-22-13-8-9-17-29(22)18-10-16-28-26(31)20-30-23-14-6-7-15-24(23)33-25(27(30)32)19-21-11-4-3-5-12-21/h3-7,11-12,14-15,19,22H,2,8-10,13,16-18,20H2,1H3,(H,28,31)/b25-19-/t22-/m0/s1. The quantitative estimate of drug-likeness (QED) is 0.445. The van der Waals surface area contributed by atoms with Crippen LogP contribution in [0.2, 0.25) is 0 Å². The molecule has 2 amide bonds. The summed E-state index contributed by atoms with van der Waals surface area (Å²) in [5.41, 5.74) is 1.77. The summed E-state index contributed by atoms with van der Waals surface area (Å²) in [6.45, 7) is 5.11. The number of carbonyl (C=O) groups is 2. The molecule has 5 nitrogen and oxygen atoms in total. The van der Waals surface area contributed by atoms with Gasteiger partial charge in [0.1, 0.15) is 6.54 Å². The molecule has 1 fully saturated rings. The Bertz CT molecular complexity index is 992. The minimum Gasteiger partial charge on any atom is -0.355 e. The summed E-state index contributed by atoms with van der Waals surface area (Å²) in [5.74, 6) is -0.244. The number of fused-ring (bicyclic) bond motifs is 1. The number of piperidine rings is 1. The molecule has 1 atom stereocenters. The minimum atomic E-state index is -0.128. The van der Waals surface area contributed by atoms with E-state index in [4.69, 9.17) is 0 Å². The summed E-state index contributed by atoms with van der Waals surface area (Å²) in [6, 6.07) is 18.3. The van der Waals surface area contributed by atoms with Gasteiger partial charge in [0.25, 0.3) is 5.91 Å². The van der Waals surface area contributed by atoms with Crippen LogP contribution < -0.4 is 10.2 Å². The van der Waals surface area contributed by atoms with E-state index in [0.29, 0.717) is 17.5 Å². The molecule has 1 saturated heterocycles. The van der Waals surface area contributed by atoms with Gasteiger partial charge in [0.15, 0.2) is 0 Å². The van der Waals surface area contributed by atoms with Crippen molar-refractivity contribution < 1.29 is 9.59 Å². The number of benzene rings is 2. The largest absolute Gasteiger partial charge is 0.355 e. The number of carbonyl (C=O) groups excluding carboxylic acids is 2. The fraction of sp³-hybridized carbons (Fsp3) is 0.407. The van der Waals surface area contributed by atoms with Gasteiger partial charge in [-0.05, 0) is 56.0 Å². The zero-order chi connectivity index (χ0) is 23.0. The van der Waals surface area contributed by atoms with Gasteiger partial charge in [-0.3, -0.25) is 14.5 Å². The number of rotatable bonds is 8. The average Bonchev–Trinajstić information content (AvgIpc) is 2.85. The van der Waals surface area contributed by atoms with Crippen molar-refractivity contribution in [2.45, 2.75) is 50.0 Å². The Balaban J connectivity index is 1.37. The number of anilines is 1. The summed E-state index contributed by atoms with van der Waals surface area (Å²) in [7, 11) is 0. The van der Waals surface area contributed by atoms with Crippen molar-refractivity contribution in [1.82, 2.24) is 10.2 Å². The molecule has 2 aromatic carbocycles. The van der Waals surface area contributed by atoms with Crippen molar-refractivity contribution in [1.29, 1.82) is 0 Å². The van der Waals surface area contributed by atoms with E-state index in [9.17, 15) is 9.59 Å². The molecule has 1 N–H and O–H groups in total. The van der Waals surface area contributed by atoms with Gasteiger partial charge in [0.05, 0.1) is 10.6 Å². The third-order valence-electron chi connectivity index (χ3n) is 6.40. The Labute approximate surface area is 201 Å². The molecule has 6 heteroatoms. The van der Waals surface area contributed by atoms with Gasteiger partial charge >= 0.3 is 0 Å². The molecule has 174 valence electrons. The number of hydrogen-bond donors (Lipinski definition) is 1. The van der Waals surface area contributed by atoms with Gasteiger partial charge in [-0.15, -0.1) is 0 Å². The van der Waals surface area contributed by atoms with Crippen LogP contribution in [0.3, 0.4) is 0 Å². The Morgan fingerprint density at radius 2 is 1.91 bits per heavy atom. The molecule has 0 spiro atoms. The number of nitrogens with one attached hydrogen (secondary N) is 1. The van der Waals surface area contributed by atoms with Crippen LogP contribution in [0.25, 0.3) is 6.08 Å². The van der Waals surface area contributed by atoms with Crippen molar-refractivity contribution in [2.24, 2.45) is 0 Å². The van der Waals surface area contributed by atoms with Crippen LogP contribution in [-0.2, 0) is 9.59 Å². The number of thioether (sulfide) groups is 1. The fourth-order valence-electron chi connectivity index (χ4n) is 4.65. The maximum Gasteiger partial charge on any atom is 0.265 e. The highest BCUT2D eigenvalue weighted by Gasteiger charge is 2.30. The first-order valence-corrected chi connectivity index (χ1v) is 12.8. The number of likely N-dealkylation sites (tertiary alicyclic amines) is 1. The maximum atomic E-state index is 13.3. The van der Waals surface area contributed by atoms with E-state index >= 15 is 0 Å². The van der Waals surface area contributed by atoms with Crippen LogP contribution in [-0.4, -0.2) is 48.9 Å². The molecule has 4 rings (SSSR count). The lowest BCUT2D eigenvalue weighted by Gasteiger charge is -2.35. The summed E-state index contributed by atoms with van der Waals surface area (Å²) >= 11 is 1.46. The van der Waals surface area contributed by atoms with Gasteiger partial charge in [-0.2, -0.15) is 0 Å². The molecule has 0 bridgehead atoms. The van der Waals surface area contributed by atoms with E-state index < -0.39 is 0 Å². The summed E-state index contributed by atoms with van der Waals surface area (Å²) in [5, 5.41) is 3.03. The van der Waals surface area contributed by atoms with Crippen LogP contribution in [0.15, 0.2) is 64.4 Å². The minimum absolute atomic E-state index is 0.0316. The molecule has 2 aliphatic heterocycles. The summed E-state index contributed by atoms with van der Waals surface area (Å²) in [6.07, 6.45) is 7.92. The Morgan fingerprint density at radius 3 is 2.73 bits per heavy atom. The molecule has 0 aliphatic carbocycles. The molecule has 2 aliphatic rings. The SMILES string of the molecule is CC[C@H]1CCCCN1CCCNC(=O)CN1C(=O)/C(=C/c2ccccc2)Sc2ccccc21. The molecule has 0 aromatic heterocycles. The lowest BCUT2D eigenvalue weighted by Crippen LogP contribution is -2.44. The predicted octanol–water partition coefficient (Wildman–Crippen LogP) is 4.94. The highest BCUT2D eigenvalue weighted by atomic mass is 32.2. The second kappa shape index (κ2) is 11.5. The van der Waals surface area contributed by atoms with Gasteiger partial charge < -0.3 is 10.2 Å². The van der Waals surface area contributed by atoms with Crippen molar-refractivity contribution >= 4 is 35.3 Å². The fourth-order valence-corrected chi connectivity index (χ4v) is 5.70. The van der Waals surface area contributed by atoms with E-state index in [1.165, 1.54) is 44.0 Å². The van der Waals surface area contributed by atoms with Crippen LogP contribution in [0.5, 0.6) is 0 Å². The van der Waals surface area contributed by atoms with E-state index in [1.807, 2.05) is 60.7 Å². The van der Waals surface area contributed by atoms with Gasteiger partial charge in [-0.1, -0.05) is 67.6 Å². The highest BCUT2D eigenvalue weighted by Crippen LogP contribution is 2.41. The monoisotopic (exact) mass is 463 g/mol. The first kappa shape index (κ1) is 23.6. The molecule has 33 heavy (non-hydrogen) atoms. The zero-order valence-electron chi connectivity index (χ0n) is 19.3. The Hall–Kier alpha value is -2.57. The summed E-state index contributed by atoms with van der Waals surface area (Å²) in [4.78, 5) is 31.8. The second-order valence-electron chi connectivity index (χ2n) is 8.68.